The van der Waals surface area contributed by atoms with E-state index in [1.165, 1.54) is 0 Å². The molecule has 1 aromatic carbocycles. The Morgan fingerprint density at radius 3 is 1.96 bits per heavy atom. The van der Waals surface area contributed by atoms with Crippen LogP contribution in [0.4, 0.5) is 46.5 Å². The van der Waals surface area contributed by atoms with Crippen LogP contribution < -0.4 is 5.32 Å². The molecule has 0 unspecified atom stereocenters. The van der Waals surface area contributed by atoms with E-state index in [-0.39, 0.29) is 6.07 Å². The summed E-state index contributed by atoms with van der Waals surface area (Å²) in [5.74, 6) is -9.25. The molecule has 134 valence electrons. The van der Waals surface area contributed by atoms with Crippen molar-refractivity contribution in [3.05, 3.63) is 32.3 Å². The summed E-state index contributed by atoms with van der Waals surface area (Å²) in [5.41, 5.74) is -5.33. The number of carbonyl (C=O) groups excluding carboxylic acids is 1. The SMILES string of the molecule is O=C(Nc1c([N+](=O)[O-])cc(Br)cc1C(F)(F)F)C(F)(F)C(F)(F)F. The van der Waals surface area contributed by atoms with Crippen molar-refractivity contribution < 1.29 is 44.8 Å². The number of hydrogen-bond acceptors (Lipinski definition) is 3. The van der Waals surface area contributed by atoms with E-state index in [0.717, 1.165) is 0 Å². The predicted octanol–water partition coefficient (Wildman–Crippen LogP) is 4.51. The van der Waals surface area contributed by atoms with E-state index in [9.17, 15) is 50.0 Å². The van der Waals surface area contributed by atoms with Gasteiger partial charge in [0.1, 0.15) is 5.69 Å². The largest absolute Gasteiger partial charge is 0.463 e. The van der Waals surface area contributed by atoms with Gasteiger partial charge in [-0.05, 0) is 6.07 Å². The molecule has 0 aliphatic carbocycles. The number of anilines is 1. The van der Waals surface area contributed by atoms with Gasteiger partial charge in [-0.2, -0.15) is 35.1 Å². The van der Waals surface area contributed by atoms with Crippen LogP contribution in [-0.4, -0.2) is 22.9 Å². The van der Waals surface area contributed by atoms with Crippen LogP contribution in [0.1, 0.15) is 5.56 Å². The van der Waals surface area contributed by atoms with Crippen LogP contribution in [0.5, 0.6) is 0 Å². The molecule has 0 aromatic heterocycles. The Morgan fingerprint density at radius 1 is 1.08 bits per heavy atom. The zero-order valence-corrected chi connectivity index (χ0v) is 12.3. The average Bonchev–Trinajstić information content (AvgIpc) is 2.37. The van der Waals surface area contributed by atoms with E-state index in [1.54, 1.807) is 0 Å². The third kappa shape index (κ3) is 3.91. The van der Waals surface area contributed by atoms with E-state index < -0.39 is 50.5 Å². The lowest BCUT2D eigenvalue weighted by Gasteiger charge is -2.20. The van der Waals surface area contributed by atoms with E-state index >= 15 is 0 Å². The Morgan fingerprint density at radius 2 is 1.58 bits per heavy atom. The molecule has 0 radical (unpaired) electrons. The molecular formula is C10H3BrF8N2O3. The van der Waals surface area contributed by atoms with Crippen molar-refractivity contribution in [2.24, 2.45) is 0 Å². The normalized spacial score (nSPS) is 12.9. The molecule has 14 heteroatoms. The van der Waals surface area contributed by atoms with Gasteiger partial charge in [0.15, 0.2) is 0 Å². The van der Waals surface area contributed by atoms with Gasteiger partial charge in [-0.3, -0.25) is 14.9 Å². The molecule has 0 saturated heterocycles. The summed E-state index contributed by atoms with van der Waals surface area (Å²) in [6.45, 7) is 0. The Balaban J connectivity index is 3.53. The molecule has 0 aliphatic heterocycles. The van der Waals surface area contributed by atoms with E-state index in [2.05, 4.69) is 15.9 Å². The van der Waals surface area contributed by atoms with Crippen LogP contribution in [0.15, 0.2) is 16.6 Å². The van der Waals surface area contributed by atoms with Gasteiger partial charge in [-0.15, -0.1) is 0 Å². The summed E-state index contributed by atoms with van der Waals surface area (Å²) in [5, 5.41) is 11.4. The third-order valence-electron chi connectivity index (χ3n) is 2.46. The molecule has 0 saturated carbocycles. The lowest BCUT2D eigenvalue weighted by Crippen LogP contribution is -2.47. The van der Waals surface area contributed by atoms with Crippen molar-refractivity contribution in [2.45, 2.75) is 18.3 Å². The van der Waals surface area contributed by atoms with Crippen molar-refractivity contribution in [1.29, 1.82) is 0 Å². The van der Waals surface area contributed by atoms with Gasteiger partial charge in [-0.25, -0.2) is 0 Å². The maximum Gasteiger partial charge on any atom is 0.463 e. The monoisotopic (exact) mass is 430 g/mol. The standard InChI is InChI=1S/C10H3BrF8N2O3/c11-3-1-4(9(14,15)16)6(5(2-3)21(23)24)20-7(22)8(12,13)10(17,18)19/h1-2H,(H,20,22). The van der Waals surface area contributed by atoms with Gasteiger partial charge >= 0.3 is 24.2 Å². The first-order chi connectivity index (χ1) is 10.6. The van der Waals surface area contributed by atoms with Crippen LogP contribution in [-0.2, 0) is 11.0 Å². The first-order valence-electron chi connectivity index (χ1n) is 5.40. The summed E-state index contributed by atoms with van der Waals surface area (Å²) in [4.78, 5) is 20.3. The zero-order valence-electron chi connectivity index (χ0n) is 10.7. The number of rotatable bonds is 3. The number of carbonyl (C=O) groups is 1. The van der Waals surface area contributed by atoms with E-state index in [1.807, 2.05) is 0 Å². The Kier molecular flexibility index (Phi) is 5.13. The quantitative estimate of drug-likeness (QED) is 0.435. The molecule has 0 atom stereocenters. The topological polar surface area (TPSA) is 72.2 Å². The molecule has 0 bridgehead atoms. The number of nitro benzene ring substituents is 1. The number of nitrogens with zero attached hydrogens (tertiary/aromatic N) is 1. The number of nitro groups is 1. The van der Waals surface area contributed by atoms with Crippen molar-refractivity contribution in [3.63, 3.8) is 0 Å². The van der Waals surface area contributed by atoms with Gasteiger partial charge in [0.2, 0.25) is 0 Å². The average molecular weight is 431 g/mol. The van der Waals surface area contributed by atoms with Crippen LogP contribution >= 0.6 is 15.9 Å². The van der Waals surface area contributed by atoms with Crippen molar-refractivity contribution in [3.8, 4) is 0 Å². The third-order valence-corrected chi connectivity index (χ3v) is 2.92. The number of hydrogen-bond donors (Lipinski definition) is 1. The van der Waals surface area contributed by atoms with Crippen LogP contribution in [0, 0.1) is 10.1 Å². The fraction of sp³-hybridized carbons (Fsp3) is 0.300. The maximum atomic E-state index is 12.9. The minimum absolute atomic E-state index is 0.175. The second kappa shape index (κ2) is 6.14. The summed E-state index contributed by atoms with van der Waals surface area (Å²) in [6.07, 6.45) is -11.8. The molecule has 24 heavy (non-hydrogen) atoms. The molecule has 0 fully saturated rings. The molecule has 1 rings (SSSR count). The van der Waals surface area contributed by atoms with Gasteiger partial charge in [0, 0.05) is 10.5 Å². The van der Waals surface area contributed by atoms with Crippen LogP contribution in [0.2, 0.25) is 0 Å². The molecule has 1 aromatic rings. The first-order valence-corrected chi connectivity index (χ1v) is 6.19. The molecule has 0 aliphatic rings. The highest BCUT2D eigenvalue weighted by Crippen LogP contribution is 2.43. The number of amides is 1. The van der Waals surface area contributed by atoms with Crippen molar-refractivity contribution >= 4 is 33.2 Å². The zero-order chi connectivity index (χ0) is 19.1. The smallest absolute Gasteiger partial charge is 0.314 e. The molecule has 0 spiro atoms. The minimum Gasteiger partial charge on any atom is -0.314 e. The fourth-order valence-electron chi connectivity index (χ4n) is 1.41. The summed E-state index contributed by atoms with van der Waals surface area (Å²) in [7, 11) is 0. The summed E-state index contributed by atoms with van der Waals surface area (Å²) in [6, 6.07) is 0.574. The molecular weight excluding hydrogens is 428 g/mol. The van der Waals surface area contributed by atoms with Gasteiger partial charge < -0.3 is 5.32 Å². The lowest BCUT2D eigenvalue weighted by atomic mass is 10.1. The number of benzene rings is 1. The van der Waals surface area contributed by atoms with Gasteiger partial charge in [-0.1, -0.05) is 15.9 Å². The highest BCUT2D eigenvalue weighted by atomic mass is 79.9. The lowest BCUT2D eigenvalue weighted by molar-refractivity contribution is -0.384. The maximum absolute atomic E-state index is 12.9. The predicted molar refractivity (Wildman–Crippen MR) is 65.4 cm³/mol. The molecule has 5 nitrogen and oxygen atoms in total. The number of alkyl halides is 8. The van der Waals surface area contributed by atoms with Crippen LogP contribution in [0.25, 0.3) is 0 Å². The Hall–Kier alpha value is -1.99. The molecule has 1 N–H and O–H groups in total. The van der Waals surface area contributed by atoms with E-state index in [0.29, 0.717) is 11.4 Å². The second-order valence-electron chi connectivity index (χ2n) is 4.13. The highest BCUT2D eigenvalue weighted by molar-refractivity contribution is 9.10. The van der Waals surface area contributed by atoms with Crippen molar-refractivity contribution in [1.82, 2.24) is 0 Å². The molecule has 0 heterocycles. The minimum atomic E-state index is -6.40. The number of halogens is 9. The number of nitrogens with one attached hydrogen (secondary N) is 1. The molecule has 1 amide bonds. The Labute approximate surface area is 134 Å². The van der Waals surface area contributed by atoms with Gasteiger partial charge in [0.25, 0.3) is 5.69 Å². The second-order valence-corrected chi connectivity index (χ2v) is 5.04. The highest BCUT2D eigenvalue weighted by Gasteiger charge is 2.63. The fourth-order valence-corrected chi connectivity index (χ4v) is 1.86. The first kappa shape index (κ1) is 20.1. The van der Waals surface area contributed by atoms with Gasteiger partial charge in [0.05, 0.1) is 10.5 Å². The van der Waals surface area contributed by atoms with Crippen LogP contribution in [0.3, 0.4) is 0 Å². The Bertz CT molecular complexity index is 686. The van der Waals surface area contributed by atoms with Crippen molar-refractivity contribution in [2.75, 3.05) is 5.32 Å². The summed E-state index contributed by atoms with van der Waals surface area (Å²) >= 11 is 2.50. The summed E-state index contributed by atoms with van der Waals surface area (Å²) < 4.78 is 99.9. The van der Waals surface area contributed by atoms with E-state index in [4.69, 9.17) is 0 Å².